The Kier molecular flexibility index (Phi) is 20.5. The first-order chi connectivity index (χ1) is 25.7. The van der Waals surface area contributed by atoms with Crippen LogP contribution in [0, 0.1) is 11.8 Å². The van der Waals surface area contributed by atoms with Crippen molar-refractivity contribution in [2.24, 2.45) is 11.8 Å². The van der Waals surface area contributed by atoms with E-state index in [0.717, 1.165) is 63.8 Å². The van der Waals surface area contributed by atoms with E-state index in [0.29, 0.717) is 11.9 Å². The van der Waals surface area contributed by atoms with Crippen LogP contribution in [0.3, 0.4) is 0 Å². The lowest BCUT2D eigenvalue weighted by Gasteiger charge is -2.54. The van der Waals surface area contributed by atoms with Gasteiger partial charge in [-0.1, -0.05) is 104 Å². The molecule has 0 bridgehead atoms. The maximum atomic E-state index is 6.46. The van der Waals surface area contributed by atoms with Crippen LogP contribution in [0.1, 0.15) is 210 Å². The van der Waals surface area contributed by atoms with Crippen molar-refractivity contribution in [2.45, 2.75) is 233 Å². The van der Waals surface area contributed by atoms with Crippen LogP contribution in [0.2, 0.25) is 0 Å². The quantitative estimate of drug-likeness (QED) is 0.0811. The zero-order valence-corrected chi connectivity index (χ0v) is 37.2. The molecule has 2 aliphatic heterocycles. The standard InChI is InChI=1S/C45H87N7O2/c1-11-13-15-17-19-25-31-53-51-42(3,4)33-38(34-43(51,5)6)27-21-23-29-46-40-48-37-49-41(50-40)47-30-24-22-28-39-35-44(7,8)52(45(9,10)36-39)54-32-26-20-18-16-14-12-2/h37-39H,11-36H2,1-10H3,(H2,46,47,48,49,50). The number of nitrogens with one attached hydrogen (secondary N) is 2. The minimum absolute atomic E-state index is 0.0503. The van der Waals surface area contributed by atoms with Crippen molar-refractivity contribution < 1.29 is 9.68 Å². The number of unbranched alkanes of at least 4 members (excludes halogenated alkanes) is 12. The molecule has 314 valence electrons. The first-order valence-electron chi connectivity index (χ1n) is 22.7. The molecule has 0 aliphatic carbocycles. The minimum Gasteiger partial charge on any atom is -0.354 e. The van der Waals surface area contributed by atoms with Crippen molar-refractivity contribution in [2.75, 3.05) is 36.9 Å². The number of anilines is 2. The van der Waals surface area contributed by atoms with Crippen LogP contribution in [-0.2, 0) is 9.68 Å². The van der Waals surface area contributed by atoms with Gasteiger partial charge in [0, 0.05) is 35.2 Å². The fourth-order valence-electron chi connectivity index (χ4n) is 10.1. The third-order valence-corrected chi connectivity index (χ3v) is 12.0. The van der Waals surface area contributed by atoms with E-state index in [9.17, 15) is 0 Å². The Morgan fingerprint density at radius 3 is 1.24 bits per heavy atom. The summed E-state index contributed by atoms with van der Waals surface area (Å²) >= 11 is 0. The zero-order valence-electron chi connectivity index (χ0n) is 37.2. The summed E-state index contributed by atoms with van der Waals surface area (Å²) in [4.78, 5) is 26.4. The number of piperidine rings is 2. The van der Waals surface area contributed by atoms with Gasteiger partial charge in [-0.05, 0) is 119 Å². The topological polar surface area (TPSA) is 87.7 Å². The lowest BCUT2D eigenvalue weighted by atomic mass is 9.73. The third-order valence-electron chi connectivity index (χ3n) is 12.0. The summed E-state index contributed by atoms with van der Waals surface area (Å²) in [5.41, 5.74) is 0.201. The average Bonchev–Trinajstić information content (AvgIpc) is 3.08. The summed E-state index contributed by atoms with van der Waals surface area (Å²) in [6.45, 7) is 27.0. The number of hydrogen-bond donors (Lipinski definition) is 2. The van der Waals surface area contributed by atoms with Gasteiger partial charge in [-0.3, -0.25) is 9.68 Å². The van der Waals surface area contributed by atoms with Crippen LogP contribution in [0.25, 0.3) is 0 Å². The van der Waals surface area contributed by atoms with E-state index in [-0.39, 0.29) is 22.2 Å². The first kappa shape index (κ1) is 46.8. The predicted molar refractivity (Wildman–Crippen MR) is 229 cm³/mol. The Morgan fingerprint density at radius 2 is 0.870 bits per heavy atom. The molecule has 0 saturated carbocycles. The molecule has 2 fully saturated rings. The van der Waals surface area contributed by atoms with Crippen molar-refractivity contribution >= 4 is 11.9 Å². The zero-order chi connectivity index (χ0) is 39.5. The molecule has 3 rings (SSSR count). The van der Waals surface area contributed by atoms with Gasteiger partial charge in [0.2, 0.25) is 11.9 Å². The molecule has 0 atom stereocenters. The van der Waals surface area contributed by atoms with Gasteiger partial charge >= 0.3 is 0 Å². The Labute approximate surface area is 333 Å². The lowest BCUT2D eigenvalue weighted by Crippen LogP contribution is -2.60. The summed E-state index contributed by atoms with van der Waals surface area (Å²) in [5, 5.41) is 11.6. The lowest BCUT2D eigenvalue weighted by molar-refractivity contribution is -0.288. The van der Waals surface area contributed by atoms with E-state index in [1.165, 1.54) is 116 Å². The second-order valence-electron chi connectivity index (χ2n) is 19.6. The summed E-state index contributed by atoms with van der Waals surface area (Å²) in [5.74, 6) is 2.77. The molecule has 9 heteroatoms. The van der Waals surface area contributed by atoms with E-state index < -0.39 is 0 Å². The molecule has 0 spiro atoms. The molecular formula is C45H87N7O2. The molecule has 1 aromatic rings. The summed E-state index contributed by atoms with van der Waals surface area (Å²) in [6, 6.07) is 0. The average molecular weight is 758 g/mol. The maximum Gasteiger partial charge on any atom is 0.227 e. The van der Waals surface area contributed by atoms with Crippen LogP contribution in [-0.4, -0.2) is 73.5 Å². The number of hydroxylamine groups is 4. The fourth-order valence-corrected chi connectivity index (χ4v) is 10.1. The van der Waals surface area contributed by atoms with E-state index in [2.05, 4.69) is 105 Å². The first-order valence-corrected chi connectivity index (χ1v) is 22.7. The molecule has 0 aromatic carbocycles. The van der Waals surface area contributed by atoms with Crippen molar-refractivity contribution in [3.05, 3.63) is 6.33 Å². The summed E-state index contributed by atoms with van der Waals surface area (Å²) < 4.78 is 0. The molecular weight excluding hydrogens is 671 g/mol. The molecule has 3 heterocycles. The SMILES string of the molecule is CCCCCCCCON1C(C)(C)CC(CCCCNc2ncnc(NCCCCC3CC(C)(C)N(OCCCCCCCC)C(C)(C)C3)n2)CC1(C)C. The highest BCUT2D eigenvalue weighted by Crippen LogP contribution is 2.44. The van der Waals surface area contributed by atoms with Gasteiger partial charge in [-0.25, -0.2) is 9.97 Å². The molecule has 0 amide bonds. The maximum absolute atomic E-state index is 6.46. The van der Waals surface area contributed by atoms with Gasteiger partial charge in [0.1, 0.15) is 6.33 Å². The molecule has 2 saturated heterocycles. The van der Waals surface area contributed by atoms with Gasteiger partial charge in [-0.2, -0.15) is 15.1 Å². The van der Waals surface area contributed by atoms with Gasteiger partial charge in [0.15, 0.2) is 0 Å². The van der Waals surface area contributed by atoms with Crippen molar-refractivity contribution in [1.82, 2.24) is 25.1 Å². The fraction of sp³-hybridized carbons (Fsp3) is 0.933. The van der Waals surface area contributed by atoms with Gasteiger partial charge < -0.3 is 10.6 Å². The normalized spacial score (nSPS) is 20.3. The third kappa shape index (κ3) is 16.5. The van der Waals surface area contributed by atoms with E-state index in [1.54, 1.807) is 6.33 Å². The van der Waals surface area contributed by atoms with Crippen molar-refractivity contribution in [3.8, 4) is 0 Å². The van der Waals surface area contributed by atoms with Gasteiger partial charge in [0.25, 0.3) is 0 Å². The Balaban J connectivity index is 1.29. The Hall–Kier alpha value is -1.55. The van der Waals surface area contributed by atoms with Crippen LogP contribution in [0.15, 0.2) is 6.33 Å². The molecule has 1 aromatic heterocycles. The highest BCUT2D eigenvalue weighted by atomic mass is 16.7. The number of rotatable bonds is 28. The smallest absolute Gasteiger partial charge is 0.227 e. The Morgan fingerprint density at radius 1 is 0.519 bits per heavy atom. The molecule has 2 N–H and O–H groups in total. The second-order valence-corrected chi connectivity index (χ2v) is 19.6. The highest BCUT2D eigenvalue weighted by molar-refractivity contribution is 5.32. The molecule has 0 radical (unpaired) electrons. The highest BCUT2D eigenvalue weighted by Gasteiger charge is 2.47. The molecule has 2 aliphatic rings. The monoisotopic (exact) mass is 758 g/mol. The van der Waals surface area contributed by atoms with Crippen molar-refractivity contribution in [1.29, 1.82) is 0 Å². The van der Waals surface area contributed by atoms with Crippen LogP contribution < -0.4 is 10.6 Å². The number of hydrogen-bond acceptors (Lipinski definition) is 9. The van der Waals surface area contributed by atoms with Crippen molar-refractivity contribution in [3.63, 3.8) is 0 Å². The largest absolute Gasteiger partial charge is 0.354 e. The van der Waals surface area contributed by atoms with E-state index in [1.807, 2.05) is 0 Å². The second kappa shape index (κ2) is 23.6. The van der Waals surface area contributed by atoms with Gasteiger partial charge in [-0.15, -0.1) is 0 Å². The van der Waals surface area contributed by atoms with Crippen LogP contribution >= 0.6 is 0 Å². The predicted octanol–water partition coefficient (Wildman–Crippen LogP) is 12.2. The minimum atomic E-state index is 0.0503. The molecule has 9 nitrogen and oxygen atoms in total. The molecule has 0 unspecified atom stereocenters. The summed E-state index contributed by atoms with van der Waals surface area (Å²) in [6.07, 6.45) is 29.1. The number of aromatic nitrogens is 3. The number of nitrogens with zero attached hydrogens (tertiary/aromatic N) is 5. The Bertz CT molecular complexity index is 1020. The summed E-state index contributed by atoms with van der Waals surface area (Å²) in [7, 11) is 0. The van der Waals surface area contributed by atoms with Crippen LogP contribution in [0.5, 0.6) is 0 Å². The van der Waals surface area contributed by atoms with E-state index in [4.69, 9.17) is 9.68 Å². The van der Waals surface area contributed by atoms with Crippen LogP contribution in [0.4, 0.5) is 11.9 Å². The van der Waals surface area contributed by atoms with Gasteiger partial charge in [0.05, 0.1) is 13.2 Å². The molecule has 54 heavy (non-hydrogen) atoms. The van der Waals surface area contributed by atoms with E-state index >= 15 is 0 Å².